The first kappa shape index (κ1) is 12.7. The van der Waals surface area contributed by atoms with E-state index < -0.39 is 0 Å². The van der Waals surface area contributed by atoms with Gasteiger partial charge in [-0.25, -0.2) is 4.39 Å². The van der Waals surface area contributed by atoms with Crippen molar-refractivity contribution in [2.24, 2.45) is 0 Å². The molecule has 1 heterocycles. The molecule has 1 aromatic heterocycles. The fourth-order valence-electron chi connectivity index (χ4n) is 1.82. The number of rotatable bonds is 5. The van der Waals surface area contributed by atoms with Crippen molar-refractivity contribution in [3.8, 4) is 0 Å². The highest BCUT2D eigenvalue weighted by Crippen LogP contribution is 2.21. The fraction of sp³-hybridized carbons (Fsp3) is 0.385. The van der Waals surface area contributed by atoms with E-state index in [1.54, 1.807) is 25.3 Å². The van der Waals surface area contributed by atoms with E-state index in [-0.39, 0.29) is 11.9 Å². The third kappa shape index (κ3) is 2.73. The number of H-pyrrole nitrogens is 1. The lowest BCUT2D eigenvalue weighted by Gasteiger charge is -2.16. The molecule has 0 amide bonds. The van der Waals surface area contributed by atoms with Crippen LogP contribution in [0.4, 0.5) is 4.39 Å². The predicted molar refractivity (Wildman–Crippen MR) is 67.7 cm³/mol. The third-order valence-corrected chi connectivity index (χ3v) is 2.86. The van der Waals surface area contributed by atoms with Gasteiger partial charge in [-0.15, -0.1) is 0 Å². The Bertz CT molecular complexity index is 496. The number of halogens is 1. The molecule has 2 N–H and O–H groups in total. The highest BCUT2D eigenvalue weighted by molar-refractivity contribution is 5.30. The van der Waals surface area contributed by atoms with Crippen molar-refractivity contribution in [3.05, 3.63) is 47.0 Å². The second-order valence-corrected chi connectivity index (χ2v) is 4.29. The molecule has 2 rings (SSSR count). The minimum atomic E-state index is -0.195. The van der Waals surface area contributed by atoms with Crippen molar-refractivity contribution in [2.75, 3.05) is 6.54 Å². The summed E-state index contributed by atoms with van der Waals surface area (Å²) in [4.78, 5) is 0. The Morgan fingerprint density at radius 2 is 2.28 bits per heavy atom. The van der Waals surface area contributed by atoms with E-state index in [2.05, 4.69) is 27.7 Å². The molecule has 0 fully saturated rings. The monoisotopic (exact) mass is 248 g/mol. The van der Waals surface area contributed by atoms with E-state index in [0.717, 1.165) is 24.2 Å². The Morgan fingerprint density at radius 3 is 2.89 bits per heavy atom. The normalized spacial score (nSPS) is 12.6. The maximum atomic E-state index is 13.6. The lowest BCUT2D eigenvalue weighted by atomic mass is 10.0. The minimum absolute atomic E-state index is 0.126. The van der Waals surface area contributed by atoms with Gasteiger partial charge in [0.05, 0.1) is 12.2 Å². The Labute approximate surface area is 106 Å². The third-order valence-electron chi connectivity index (χ3n) is 2.86. The average molecular weight is 248 g/mol. The van der Waals surface area contributed by atoms with Crippen molar-refractivity contribution >= 4 is 0 Å². The number of hydrogen-bond acceptors (Lipinski definition) is 3. The summed E-state index contributed by atoms with van der Waals surface area (Å²) in [6, 6.07) is 5.13. The van der Waals surface area contributed by atoms with Crippen LogP contribution in [0.15, 0.2) is 24.4 Å². The summed E-state index contributed by atoms with van der Waals surface area (Å²) in [5.41, 5.74) is 2.28. The van der Waals surface area contributed by atoms with Gasteiger partial charge in [0.15, 0.2) is 0 Å². The summed E-state index contributed by atoms with van der Waals surface area (Å²) in [7, 11) is 0. The number of hydrogen-bond donors (Lipinski definition) is 2. The predicted octanol–water partition coefficient (Wildman–Crippen LogP) is 2.34. The van der Waals surface area contributed by atoms with Crippen LogP contribution >= 0.6 is 0 Å². The Morgan fingerprint density at radius 1 is 1.44 bits per heavy atom. The molecule has 0 saturated carbocycles. The Hall–Kier alpha value is -1.75. The molecular weight excluding hydrogens is 231 g/mol. The lowest BCUT2D eigenvalue weighted by Crippen LogP contribution is -2.23. The van der Waals surface area contributed by atoms with Crippen LogP contribution in [0.5, 0.6) is 0 Å². The highest BCUT2D eigenvalue weighted by Gasteiger charge is 2.16. The molecular formula is C13H17FN4. The lowest BCUT2D eigenvalue weighted by molar-refractivity contribution is 0.573. The van der Waals surface area contributed by atoms with Crippen molar-refractivity contribution in [1.29, 1.82) is 0 Å². The molecule has 1 atom stereocenters. The zero-order chi connectivity index (χ0) is 13.0. The molecule has 96 valence electrons. The van der Waals surface area contributed by atoms with Gasteiger partial charge in [0, 0.05) is 0 Å². The summed E-state index contributed by atoms with van der Waals surface area (Å²) in [6.45, 7) is 4.68. The maximum absolute atomic E-state index is 13.6. The molecule has 1 aromatic carbocycles. The first-order chi connectivity index (χ1) is 8.72. The molecule has 0 bridgehead atoms. The van der Waals surface area contributed by atoms with Gasteiger partial charge in [-0.2, -0.15) is 15.4 Å². The van der Waals surface area contributed by atoms with Gasteiger partial charge in [-0.3, -0.25) is 0 Å². The van der Waals surface area contributed by atoms with Gasteiger partial charge in [-0.1, -0.05) is 19.1 Å². The summed E-state index contributed by atoms with van der Waals surface area (Å²) in [5.74, 6) is -0.195. The number of nitrogens with one attached hydrogen (secondary N) is 2. The first-order valence-electron chi connectivity index (χ1n) is 6.07. The summed E-state index contributed by atoms with van der Waals surface area (Å²) >= 11 is 0. The van der Waals surface area contributed by atoms with Gasteiger partial charge < -0.3 is 5.32 Å². The van der Waals surface area contributed by atoms with Crippen LogP contribution in [0, 0.1) is 12.7 Å². The average Bonchev–Trinajstić information content (AvgIpc) is 2.88. The van der Waals surface area contributed by atoms with E-state index >= 15 is 0 Å². The summed E-state index contributed by atoms with van der Waals surface area (Å²) in [6.07, 6.45) is 2.66. The zero-order valence-electron chi connectivity index (χ0n) is 10.6. The highest BCUT2D eigenvalue weighted by atomic mass is 19.1. The number of aryl methyl sites for hydroxylation is 1. The number of aromatic amines is 1. The largest absolute Gasteiger partial charge is 0.305 e. The van der Waals surface area contributed by atoms with Gasteiger partial charge in [-0.05, 0) is 37.1 Å². The second-order valence-electron chi connectivity index (χ2n) is 4.29. The van der Waals surface area contributed by atoms with E-state index in [4.69, 9.17) is 0 Å². The smallest absolute Gasteiger partial charge is 0.126 e. The fourth-order valence-corrected chi connectivity index (χ4v) is 1.82. The molecule has 0 aliphatic heterocycles. The molecule has 5 heteroatoms. The van der Waals surface area contributed by atoms with Crippen LogP contribution in [-0.4, -0.2) is 22.0 Å². The van der Waals surface area contributed by atoms with Gasteiger partial charge in [0.1, 0.15) is 11.5 Å². The zero-order valence-corrected chi connectivity index (χ0v) is 10.6. The van der Waals surface area contributed by atoms with E-state index in [0.29, 0.717) is 5.56 Å². The Kier molecular flexibility index (Phi) is 4.04. The molecule has 0 spiro atoms. The first-order valence-corrected chi connectivity index (χ1v) is 6.07. The molecule has 4 nitrogen and oxygen atoms in total. The van der Waals surface area contributed by atoms with Crippen LogP contribution in [0.25, 0.3) is 0 Å². The van der Waals surface area contributed by atoms with E-state index in [1.165, 1.54) is 0 Å². The molecule has 0 saturated heterocycles. The molecule has 0 aliphatic carbocycles. The molecule has 1 unspecified atom stereocenters. The van der Waals surface area contributed by atoms with Crippen molar-refractivity contribution < 1.29 is 4.39 Å². The van der Waals surface area contributed by atoms with E-state index in [9.17, 15) is 4.39 Å². The number of benzene rings is 1. The van der Waals surface area contributed by atoms with Gasteiger partial charge in [0.2, 0.25) is 0 Å². The van der Waals surface area contributed by atoms with Crippen LogP contribution in [0.3, 0.4) is 0 Å². The Balaban J connectivity index is 2.30. The van der Waals surface area contributed by atoms with Crippen LogP contribution in [-0.2, 0) is 0 Å². The quantitative estimate of drug-likeness (QED) is 0.854. The van der Waals surface area contributed by atoms with Gasteiger partial charge >= 0.3 is 0 Å². The standard InChI is InChI=1S/C13H17FN4/c1-3-6-15-13(12-8-16-18-17-12)10-5-4-9(2)11(14)7-10/h4-5,7-8,13,15H,3,6H2,1-2H3,(H,16,17,18). The molecule has 0 aliphatic rings. The molecule has 0 radical (unpaired) electrons. The van der Waals surface area contributed by atoms with Crippen molar-refractivity contribution in [1.82, 2.24) is 20.7 Å². The van der Waals surface area contributed by atoms with Crippen molar-refractivity contribution in [3.63, 3.8) is 0 Å². The van der Waals surface area contributed by atoms with Crippen LogP contribution in [0.2, 0.25) is 0 Å². The molecule has 18 heavy (non-hydrogen) atoms. The second kappa shape index (κ2) is 5.73. The minimum Gasteiger partial charge on any atom is -0.305 e. The SMILES string of the molecule is CCCNC(c1ccc(C)c(F)c1)c1cn[nH]n1. The summed E-state index contributed by atoms with van der Waals surface area (Å²) < 4.78 is 13.6. The van der Waals surface area contributed by atoms with Crippen molar-refractivity contribution in [2.45, 2.75) is 26.3 Å². The topological polar surface area (TPSA) is 53.6 Å². The van der Waals surface area contributed by atoms with Gasteiger partial charge in [0.25, 0.3) is 0 Å². The van der Waals surface area contributed by atoms with Crippen LogP contribution < -0.4 is 5.32 Å². The summed E-state index contributed by atoms with van der Waals surface area (Å²) in [5, 5.41) is 13.8. The van der Waals surface area contributed by atoms with E-state index in [1.807, 2.05) is 6.07 Å². The molecule has 2 aromatic rings. The van der Waals surface area contributed by atoms with Crippen LogP contribution in [0.1, 0.15) is 36.2 Å². The number of aromatic nitrogens is 3. The maximum Gasteiger partial charge on any atom is 0.126 e. The number of nitrogens with zero attached hydrogens (tertiary/aromatic N) is 2.